The van der Waals surface area contributed by atoms with Crippen molar-refractivity contribution in [2.24, 2.45) is 0 Å². The summed E-state index contributed by atoms with van der Waals surface area (Å²) in [5, 5.41) is 6.64. The highest BCUT2D eigenvalue weighted by molar-refractivity contribution is 5.98. The molecule has 4 rings (SSSR count). The van der Waals surface area contributed by atoms with Gasteiger partial charge in [-0.3, -0.25) is 19.4 Å². The normalized spacial score (nSPS) is 10.8. The van der Waals surface area contributed by atoms with Crippen LogP contribution in [-0.4, -0.2) is 28.3 Å². The minimum absolute atomic E-state index is 0.0345. The third-order valence-electron chi connectivity index (χ3n) is 4.57. The van der Waals surface area contributed by atoms with E-state index in [1.165, 1.54) is 6.20 Å². The number of nitrogens with one attached hydrogen (secondary N) is 3. The number of hydrogen-bond donors (Lipinski definition) is 3. The molecule has 0 bridgehead atoms. The van der Waals surface area contributed by atoms with Crippen molar-refractivity contribution in [1.82, 2.24) is 20.6 Å². The molecule has 0 aliphatic heterocycles. The molecule has 29 heavy (non-hydrogen) atoms. The van der Waals surface area contributed by atoms with E-state index in [0.717, 1.165) is 10.9 Å². The topological polar surface area (TPSA) is 104 Å². The Labute approximate surface area is 165 Å². The van der Waals surface area contributed by atoms with Crippen LogP contribution in [0.4, 0.5) is 0 Å². The summed E-state index contributed by atoms with van der Waals surface area (Å²) in [6.45, 7) is 0.00871. The molecule has 0 spiro atoms. The first-order chi connectivity index (χ1) is 14.1. The van der Waals surface area contributed by atoms with Gasteiger partial charge in [0, 0.05) is 22.5 Å². The van der Waals surface area contributed by atoms with E-state index in [9.17, 15) is 14.4 Å². The van der Waals surface area contributed by atoms with Crippen LogP contribution in [0.2, 0.25) is 0 Å². The monoisotopic (exact) mass is 386 g/mol. The van der Waals surface area contributed by atoms with Crippen molar-refractivity contribution in [2.45, 2.75) is 6.54 Å². The SMILES string of the molecule is O=C(CNC(=O)c1c[nH]c2ccccc2c1=O)NCc1ccc2ccccc2n1. The number of aromatic nitrogens is 2. The van der Waals surface area contributed by atoms with Crippen molar-refractivity contribution in [3.63, 3.8) is 0 Å². The van der Waals surface area contributed by atoms with E-state index in [4.69, 9.17) is 0 Å². The fourth-order valence-electron chi connectivity index (χ4n) is 3.05. The van der Waals surface area contributed by atoms with E-state index in [2.05, 4.69) is 20.6 Å². The van der Waals surface area contributed by atoms with E-state index in [0.29, 0.717) is 16.6 Å². The molecule has 7 nitrogen and oxygen atoms in total. The van der Waals surface area contributed by atoms with Crippen molar-refractivity contribution in [3.8, 4) is 0 Å². The predicted molar refractivity (Wildman–Crippen MR) is 110 cm³/mol. The molecule has 0 aliphatic carbocycles. The highest BCUT2D eigenvalue weighted by Crippen LogP contribution is 2.11. The van der Waals surface area contributed by atoms with Crippen LogP contribution in [0.15, 0.2) is 71.7 Å². The number of aromatic amines is 1. The van der Waals surface area contributed by atoms with Gasteiger partial charge in [0.05, 0.1) is 24.3 Å². The molecule has 2 heterocycles. The zero-order valence-corrected chi connectivity index (χ0v) is 15.4. The van der Waals surface area contributed by atoms with E-state index < -0.39 is 5.91 Å². The lowest BCUT2D eigenvalue weighted by atomic mass is 10.1. The molecule has 2 aromatic heterocycles. The summed E-state index contributed by atoms with van der Waals surface area (Å²) in [7, 11) is 0. The summed E-state index contributed by atoms with van der Waals surface area (Å²) in [5.41, 5.74) is 1.80. The van der Waals surface area contributed by atoms with Crippen LogP contribution in [0.25, 0.3) is 21.8 Å². The molecular weight excluding hydrogens is 368 g/mol. The largest absolute Gasteiger partial charge is 0.360 e. The van der Waals surface area contributed by atoms with Crippen LogP contribution in [0, 0.1) is 0 Å². The van der Waals surface area contributed by atoms with Gasteiger partial charge in [-0.1, -0.05) is 36.4 Å². The van der Waals surface area contributed by atoms with Gasteiger partial charge in [0.1, 0.15) is 5.56 Å². The smallest absolute Gasteiger partial charge is 0.257 e. The van der Waals surface area contributed by atoms with Gasteiger partial charge in [0.25, 0.3) is 5.91 Å². The zero-order valence-electron chi connectivity index (χ0n) is 15.4. The van der Waals surface area contributed by atoms with Crippen LogP contribution in [0.3, 0.4) is 0 Å². The number of rotatable bonds is 5. The molecule has 2 amide bonds. The number of H-pyrrole nitrogens is 1. The number of carbonyl (C=O) groups excluding carboxylic acids is 2. The summed E-state index contributed by atoms with van der Waals surface area (Å²) >= 11 is 0. The molecule has 0 fully saturated rings. The highest BCUT2D eigenvalue weighted by Gasteiger charge is 2.13. The molecule has 3 N–H and O–H groups in total. The third-order valence-corrected chi connectivity index (χ3v) is 4.57. The Morgan fingerprint density at radius 2 is 1.72 bits per heavy atom. The maximum Gasteiger partial charge on any atom is 0.257 e. The lowest BCUT2D eigenvalue weighted by molar-refractivity contribution is -0.120. The second-order valence-corrected chi connectivity index (χ2v) is 6.53. The lowest BCUT2D eigenvalue weighted by Crippen LogP contribution is -2.38. The second-order valence-electron chi connectivity index (χ2n) is 6.53. The molecule has 0 atom stereocenters. The van der Waals surface area contributed by atoms with Gasteiger partial charge in [-0.15, -0.1) is 0 Å². The van der Waals surface area contributed by atoms with Gasteiger partial charge in [0.15, 0.2) is 0 Å². The van der Waals surface area contributed by atoms with Crippen LogP contribution >= 0.6 is 0 Å². The molecule has 0 saturated heterocycles. The summed E-state index contributed by atoms with van der Waals surface area (Å²) in [5.74, 6) is -0.971. The Morgan fingerprint density at radius 3 is 2.62 bits per heavy atom. The van der Waals surface area contributed by atoms with E-state index in [-0.39, 0.29) is 30.0 Å². The molecular formula is C22H18N4O3. The molecule has 144 valence electrons. The number of hydrogen-bond acceptors (Lipinski definition) is 4. The molecule has 7 heteroatoms. The van der Waals surface area contributed by atoms with Crippen molar-refractivity contribution >= 4 is 33.6 Å². The highest BCUT2D eigenvalue weighted by atomic mass is 16.2. The number of nitrogens with zero attached hydrogens (tertiary/aromatic N) is 1. The maximum absolute atomic E-state index is 12.4. The number of carbonyl (C=O) groups is 2. The van der Waals surface area contributed by atoms with E-state index in [1.807, 2.05) is 36.4 Å². The Hall–Kier alpha value is -4.00. The number of fused-ring (bicyclic) bond motifs is 2. The minimum atomic E-state index is -0.601. The third kappa shape index (κ3) is 3.98. The van der Waals surface area contributed by atoms with Gasteiger partial charge in [0.2, 0.25) is 11.3 Å². The minimum Gasteiger partial charge on any atom is -0.360 e. The average molecular weight is 386 g/mol. The van der Waals surface area contributed by atoms with E-state index >= 15 is 0 Å². The maximum atomic E-state index is 12.4. The molecule has 2 aromatic carbocycles. The Kier molecular flexibility index (Phi) is 5.03. The van der Waals surface area contributed by atoms with Gasteiger partial charge in [-0.05, 0) is 24.3 Å². The lowest BCUT2D eigenvalue weighted by Gasteiger charge is -2.08. The molecule has 0 aliphatic rings. The van der Waals surface area contributed by atoms with Crippen LogP contribution in [-0.2, 0) is 11.3 Å². The first-order valence-corrected chi connectivity index (χ1v) is 9.12. The number of para-hydroxylation sites is 2. The molecule has 0 saturated carbocycles. The van der Waals surface area contributed by atoms with Crippen LogP contribution in [0.5, 0.6) is 0 Å². The number of pyridine rings is 2. The van der Waals surface area contributed by atoms with Crippen molar-refractivity contribution in [2.75, 3.05) is 6.54 Å². The first-order valence-electron chi connectivity index (χ1n) is 9.12. The van der Waals surface area contributed by atoms with Crippen LogP contribution in [0.1, 0.15) is 16.1 Å². The molecule has 4 aromatic rings. The van der Waals surface area contributed by atoms with Gasteiger partial charge in [-0.2, -0.15) is 0 Å². The number of amides is 2. The van der Waals surface area contributed by atoms with Gasteiger partial charge in [-0.25, -0.2) is 0 Å². The summed E-state index contributed by atoms with van der Waals surface area (Å²) in [4.78, 5) is 44.2. The summed E-state index contributed by atoms with van der Waals surface area (Å²) in [6, 6.07) is 18.4. The van der Waals surface area contributed by atoms with Gasteiger partial charge >= 0.3 is 0 Å². The summed E-state index contributed by atoms with van der Waals surface area (Å²) < 4.78 is 0. The Morgan fingerprint density at radius 1 is 0.931 bits per heavy atom. The van der Waals surface area contributed by atoms with Crippen LogP contribution < -0.4 is 16.1 Å². The zero-order chi connectivity index (χ0) is 20.2. The summed E-state index contributed by atoms with van der Waals surface area (Å²) in [6.07, 6.45) is 1.36. The fourth-order valence-corrected chi connectivity index (χ4v) is 3.05. The molecule has 0 unspecified atom stereocenters. The van der Waals surface area contributed by atoms with E-state index in [1.54, 1.807) is 24.3 Å². The first kappa shape index (κ1) is 18.4. The standard InChI is InChI=1S/C22H18N4O3/c27-20(24-11-15-10-9-14-5-1-3-7-18(14)26-15)13-25-22(29)17-12-23-19-8-4-2-6-16(19)21(17)28/h1-10,12H,11,13H2,(H,23,28)(H,24,27)(H,25,29). The Balaban J connectivity index is 1.36. The second kappa shape index (κ2) is 7.93. The average Bonchev–Trinajstić information content (AvgIpc) is 2.76. The van der Waals surface area contributed by atoms with Gasteiger partial charge < -0.3 is 15.6 Å². The fraction of sp³-hybridized carbons (Fsp3) is 0.0909. The van der Waals surface area contributed by atoms with Crippen molar-refractivity contribution in [1.29, 1.82) is 0 Å². The Bertz CT molecular complexity index is 1280. The van der Waals surface area contributed by atoms with Crippen molar-refractivity contribution < 1.29 is 9.59 Å². The predicted octanol–water partition coefficient (Wildman–Crippen LogP) is 2.12. The molecule has 0 radical (unpaired) electrons. The number of benzene rings is 2. The van der Waals surface area contributed by atoms with Crippen molar-refractivity contribution in [3.05, 3.63) is 88.3 Å². The quantitative estimate of drug-likeness (QED) is 0.489.